The SMILES string of the molecule is COc1ccc(C2CCN(C(=O)c3cc4c(C)nn(-c5ccccc5)c4s3)C2)cc1. The zero-order chi connectivity index (χ0) is 20.7. The van der Waals surface area contributed by atoms with Gasteiger partial charge in [0.25, 0.3) is 5.91 Å². The minimum Gasteiger partial charge on any atom is -0.497 e. The number of hydrogen-bond donors (Lipinski definition) is 0. The van der Waals surface area contributed by atoms with Crippen LogP contribution in [0, 0.1) is 6.92 Å². The summed E-state index contributed by atoms with van der Waals surface area (Å²) < 4.78 is 7.19. The number of nitrogens with zero attached hydrogens (tertiary/aromatic N) is 3. The molecule has 1 amide bonds. The standard InChI is InChI=1S/C24H23N3O2S/c1-16-21-14-22(30-24(21)27(25-16)19-6-4-3-5-7-19)23(28)26-13-12-18(15-26)17-8-10-20(29-2)11-9-17/h3-11,14,18H,12-13,15H2,1-2H3. The Morgan fingerprint density at radius 2 is 1.90 bits per heavy atom. The van der Waals surface area contributed by atoms with Crippen LogP contribution in [0.5, 0.6) is 5.75 Å². The summed E-state index contributed by atoms with van der Waals surface area (Å²) in [6, 6.07) is 20.3. The molecule has 0 radical (unpaired) electrons. The fourth-order valence-electron chi connectivity index (χ4n) is 4.15. The summed E-state index contributed by atoms with van der Waals surface area (Å²) in [7, 11) is 1.68. The summed E-state index contributed by atoms with van der Waals surface area (Å²) in [4.78, 5) is 17.0. The molecule has 0 bridgehead atoms. The molecule has 1 atom stereocenters. The third-order valence-corrected chi connectivity index (χ3v) is 6.92. The van der Waals surface area contributed by atoms with Gasteiger partial charge < -0.3 is 9.64 Å². The lowest BCUT2D eigenvalue weighted by Gasteiger charge is -2.16. The maximum absolute atomic E-state index is 13.2. The zero-order valence-electron chi connectivity index (χ0n) is 17.0. The van der Waals surface area contributed by atoms with Crippen LogP contribution in [0.3, 0.4) is 0 Å². The number of aryl methyl sites for hydroxylation is 1. The summed E-state index contributed by atoms with van der Waals surface area (Å²) >= 11 is 1.53. The van der Waals surface area contributed by atoms with Crippen molar-refractivity contribution in [3.63, 3.8) is 0 Å². The Bertz CT molecular complexity index is 1190. The molecule has 2 aromatic heterocycles. The molecule has 1 fully saturated rings. The molecule has 152 valence electrons. The Kier molecular flexibility index (Phi) is 4.79. The number of carbonyl (C=O) groups excluding carboxylic acids is 1. The van der Waals surface area contributed by atoms with Crippen molar-refractivity contribution >= 4 is 27.5 Å². The van der Waals surface area contributed by atoms with Crippen LogP contribution in [0.1, 0.15) is 33.3 Å². The number of thiophene rings is 1. The van der Waals surface area contributed by atoms with E-state index in [0.717, 1.165) is 51.7 Å². The molecule has 1 aliphatic heterocycles. The number of hydrogen-bond acceptors (Lipinski definition) is 4. The monoisotopic (exact) mass is 417 g/mol. The van der Waals surface area contributed by atoms with Crippen LogP contribution >= 0.6 is 11.3 Å². The molecule has 1 saturated heterocycles. The van der Waals surface area contributed by atoms with E-state index in [-0.39, 0.29) is 5.91 Å². The molecular formula is C24H23N3O2S. The summed E-state index contributed by atoms with van der Waals surface area (Å²) in [6.07, 6.45) is 0.986. The average molecular weight is 418 g/mol. The number of methoxy groups -OCH3 is 1. The van der Waals surface area contributed by atoms with Gasteiger partial charge in [0.1, 0.15) is 10.6 Å². The minimum absolute atomic E-state index is 0.117. The molecule has 2 aromatic carbocycles. The largest absolute Gasteiger partial charge is 0.497 e. The van der Waals surface area contributed by atoms with Crippen molar-refractivity contribution in [2.45, 2.75) is 19.3 Å². The van der Waals surface area contributed by atoms with Gasteiger partial charge in [-0.3, -0.25) is 4.79 Å². The molecule has 0 aliphatic carbocycles. The maximum Gasteiger partial charge on any atom is 0.264 e. The quantitative estimate of drug-likeness (QED) is 0.468. The summed E-state index contributed by atoms with van der Waals surface area (Å²) in [6.45, 7) is 3.54. The van der Waals surface area contributed by atoms with Gasteiger partial charge in [0.05, 0.1) is 23.4 Å². The number of likely N-dealkylation sites (tertiary alicyclic amines) is 1. The Hall–Kier alpha value is -3.12. The lowest BCUT2D eigenvalue weighted by atomic mass is 9.98. The number of ether oxygens (including phenoxy) is 1. The molecular weight excluding hydrogens is 394 g/mol. The highest BCUT2D eigenvalue weighted by atomic mass is 32.1. The lowest BCUT2D eigenvalue weighted by Crippen LogP contribution is -2.27. The highest BCUT2D eigenvalue weighted by molar-refractivity contribution is 7.20. The average Bonchev–Trinajstić information content (AvgIpc) is 3.51. The highest BCUT2D eigenvalue weighted by Crippen LogP contribution is 2.34. The highest BCUT2D eigenvalue weighted by Gasteiger charge is 2.29. The molecule has 30 heavy (non-hydrogen) atoms. The van der Waals surface area contributed by atoms with Gasteiger partial charge in [-0.05, 0) is 49.2 Å². The van der Waals surface area contributed by atoms with E-state index in [1.165, 1.54) is 16.9 Å². The van der Waals surface area contributed by atoms with Crippen LogP contribution in [0.15, 0.2) is 60.7 Å². The number of rotatable bonds is 4. The molecule has 5 rings (SSSR count). The Morgan fingerprint density at radius 3 is 2.63 bits per heavy atom. The second kappa shape index (κ2) is 7.61. The molecule has 0 spiro atoms. The molecule has 0 N–H and O–H groups in total. The van der Waals surface area contributed by atoms with E-state index in [1.54, 1.807) is 7.11 Å². The van der Waals surface area contributed by atoms with Gasteiger partial charge in [0.2, 0.25) is 0 Å². The zero-order valence-corrected chi connectivity index (χ0v) is 17.9. The van der Waals surface area contributed by atoms with E-state index in [4.69, 9.17) is 4.74 Å². The van der Waals surface area contributed by atoms with E-state index in [9.17, 15) is 4.79 Å². The molecule has 5 nitrogen and oxygen atoms in total. The predicted octanol–water partition coefficient (Wildman–Crippen LogP) is 5.03. The van der Waals surface area contributed by atoms with Crippen molar-refractivity contribution in [2.75, 3.05) is 20.2 Å². The summed E-state index contributed by atoms with van der Waals surface area (Å²) in [5, 5.41) is 5.73. The first kappa shape index (κ1) is 18.9. The van der Waals surface area contributed by atoms with Crippen LogP contribution in [0.4, 0.5) is 0 Å². The second-order valence-corrected chi connectivity index (χ2v) is 8.70. The number of fused-ring (bicyclic) bond motifs is 1. The van der Waals surface area contributed by atoms with Gasteiger partial charge in [-0.15, -0.1) is 11.3 Å². The van der Waals surface area contributed by atoms with Gasteiger partial charge >= 0.3 is 0 Å². The number of para-hydroxylation sites is 1. The molecule has 4 aromatic rings. The Morgan fingerprint density at radius 1 is 1.13 bits per heavy atom. The van der Waals surface area contributed by atoms with Crippen LogP contribution in [0.2, 0.25) is 0 Å². The first-order valence-corrected chi connectivity index (χ1v) is 10.9. The van der Waals surface area contributed by atoms with Gasteiger partial charge in [0.15, 0.2) is 0 Å². The second-order valence-electron chi connectivity index (χ2n) is 7.67. The molecule has 0 saturated carbocycles. The first-order valence-electron chi connectivity index (χ1n) is 10.1. The van der Waals surface area contributed by atoms with Gasteiger partial charge in [-0.1, -0.05) is 30.3 Å². The number of carbonyl (C=O) groups is 1. The molecule has 3 heterocycles. The Labute approximate surface area is 179 Å². The number of benzene rings is 2. The predicted molar refractivity (Wildman–Crippen MR) is 120 cm³/mol. The van der Waals surface area contributed by atoms with Crippen molar-refractivity contribution in [1.29, 1.82) is 0 Å². The summed E-state index contributed by atoms with van der Waals surface area (Å²) in [5.41, 5.74) is 3.22. The normalized spacial score (nSPS) is 16.3. The van der Waals surface area contributed by atoms with Crippen LogP contribution in [-0.4, -0.2) is 40.8 Å². The summed E-state index contributed by atoms with van der Waals surface area (Å²) in [5.74, 6) is 1.35. The van der Waals surface area contributed by atoms with Gasteiger partial charge in [-0.25, -0.2) is 4.68 Å². The van der Waals surface area contributed by atoms with Crippen LogP contribution < -0.4 is 4.74 Å². The van der Waals surface area contributed by atoms with Crippen molar-refractivity contribution < 1.29 is 9.53 Å². The Balaban J connectivity index is 1.39. The number of amides is 1. The minimum atomic E-state index is 0.117. The van der Waals surface area contributed by atoms with Crippen LogP contribution in [0.25, 0.3) is 15.9 Å². The van der Waals surface area contributed by atoms with Crippen molar-refractivity contribution in [2.24, 2.45) is 0 Å². The van der Waals surface area contributed by atoms with E-state index in [2.05, 4.69) is 17.2 Å². The third kappa shape index (κ3) is 3.27. The fourth-order valence-corrected chi connectivity index (χ4v) is 5.30. The van der Waals surface area contributed by atoms with Gasteiger partial charge in [-0.2, -0.15) is 5.10 Å². The van der Waals surface area contributed by atoms with Crippen molar-refractivity contribution in [3.05, 3.63) is 76.8 Å². The molecule has 6 heteroatoms. The maximum atomic E-state index is 13.2. The van der Waals surface area contributed by atoms with E-state index >= 15 is 0 Å². The first-order chi connectivity index (χ1) is 14.6. The van der Waals surface area contributed by atoms with Crippen molar-refractivity contribution in [3.8, 4) is 11.4 Å². The van der Waals surface area contributed by atoms with E-state index in [0.29, 0.717) is 5.92 Å². The fraction of sp³-hybridized carbons (Fsp3) is 0.250. The van der Waals surface area contributed by atoms with Crippen LogP contribution in [-0.2, 0) is 0 Å². The van der Waals surface area contributed by atoms with E-state index in [1.807, 2.05) is 65.0 Å². The lowest BCUT2D eigenvalue weighted by molar-refractivity contribution is 0.0795. The third-order valence-electron chi connectivity index (χ3n) is 5.82. The van der Waals surface area contributed by atoms with Crippen molar-refractivity contribution in [1.82, 2.24) is 14.7 Å². The topological polar surface area (TPSA) is 47.4 Å². The molecule has 1 aliphatic rings. The molecule has 1 unspecified atom stereocenters. The van der Waals surface area contributed by atoms with Gasteiger partial charge in [0, 0.05) is 24.4 Å². The number of aromatic nitrogens is 2. The smallest absolute Gasteiger partial charge is 0.264 e. The van der Waals surface area contributed by atoms with E-state index < -0.39 is 0 Å².